The fraction of sp³-hybridized carbons (Fsp3) is 0.600. The summed E-state index contributed by atoms with van der Waals surface area (Å²) < 4.78 is 9.89. The van der Waals surface area contributed by atoms with E-state index in [2.05, 4.69) is 14.5 Å². The van der Waals surface area contributed by atoms with E-state index >= 15 is 0 Å². The van der Waals surface area contributed by atoms with Crippen LogP contribution in [0.5, 0.6) is 0 Å². The van der Waals surface area contributed by atoms with Gasteiger partial charge in [0.25, 0.3) is 0 Å². The normalized spacial score (nSPS) is 21.6. The zero-order valence-corrected chi connectivity index (χ0v) is 13.9. The van der Waals surface area contributed by atoms with Crippen molar-refractivity contribution in [2.45, 2.75) is 50.8 Å². The zero-order valence-electron chi connectivity index (χ0n) is 12.3. The monoisotopic (exact) mass is 341 g/mol. The Bertz CT molecular complexity index is 575. The summed E-state index contributed by atoms with van der Waals surface area (Å²) in [6.45, 7) is 1.70. The molecule has 1 aliphatic heterocycles. The number of aromatic nitrogens is 2. The summed E-state index contributed by atoms with van der Waals surface area (Å²) in [5.41, 5.74) is 0.839. The van der Waals surface area contributed by atoms with Crippen LogP contribution < -0.4 is 0 Å². The summed E-state index contributed by atoms with van der Waals surface area (Å²) in [4.78, 5) is 2.38. The molecular formula is C15H20ClN3O2S. The van der Waals surface area contributed by atoms with Crippen LogP contribution in [0.3, 0.4) is 0 Å². The summed E-state index contributed by atoms with van der Waals surface area (Å²) in [6.07, 6.45) is 6.37. The van der Waals surface area contributed by atoms with Gasteiger partial charge in [0.1, 0.15) is 21.9 Å². The second-order valence-electron chi connectivity index (χ2n) is 5.73. The van der Waals surface area contributed by atoms with E-state index in [1.54, 1.807) is 6.26 Å². The van der Waals surface area contributed by atoms with Crippen molar-refractivity contribution < 1.29 is 9.52 Å². The predicted molar refractivity (Wildman–Crippen MR) is 85.9 cm³/mol. The molecule has 5 nitrogen and oxygen atoms in total. The van der Waals surface area contributed by atoms with Gasteiger partial charge < -0.3 is 9.52 Å². The lowest BCUT2D eigenvalue weighted by Gasteiger charge is -2.30. The molecule has 0 amide bonds. The number of likely N-dealkylation sites (tertiary alicyclic amines) is 1. The molecule has 0 spiro atoms. The zero-order chi connectivity index (χ0) is 15.4. The maximum absolute atomic E-state index is 10.4. The molecule has 1 aliphatic rings. The fourth-order valence-electron chi connectivity index (χ4n) is 3.05. The van der Waals surface area contributed by atoms with E-state index in [9.17, 15) is 5.11 Å². The highest BCUT2D eigenvalue weighted by atomic mass is 35.5. The number of halogens is 1. The number of hydrogen-bond donors (Lipinski definition) is 1. The van der Waals surface area contributed by atoms with Crippen molar-refractivity contribution in [3.8, 4) is 0 Å². The first-order valence-corrected chi connectivity index (χ1v) is 8.81. The molecule has 2 aromatic rings. The van der Waals surface area contributed by atoms with Crippen molar-refractivity contribution in [2.75, 3.05) is 6.54 Å². The molecular weight excluding hydrogens is 322 g/mol. The standard InChI is InChI=1S/C15H20ClN3O2S/c16-15-12(17-18-22-15)10-19-7-3-1-2-5-11(19)9-13(20)14-6-4-8-21-14/h4,6,8,11,13,20H,1-3,5,7,9-10H2/t11-,13+/m0/s1. The van der Waals surface area contributed by atoms with Gasteiger partial charge in [0.2, 0.25) is 0 Å². The van der Waals surface area contributed by atoms with E-state index in [4.69, 9.17) is 16.0 Å². The largest absolute Gasteiger partial charge is 0.467 e. The Labute approximate surface area is 139 Å². The lowest BCUT2D eigenvalue weighted by atomic mass is 10.0. The summed E-state index contributed by atoms with van der Waals surface area (Å²) in [5.74, 6) is 0.637. The van der Waals surface area contributed by atoms with Crippen LogP contribution in [0.15, 0.2) is 22.8 Å². The minimum Gasteiger partial charge on any atom is -0.467 e. The van der Waals surface area contributed by atoms with Crippen molar-refractivity contribution in [1.29, 1.82) is 0 Å². The third kappa shape index (κ3) is 3.87. The van der Waals surface area contributed by atoms with E-state index in [1.165, 1.54) is 30.8 Å². The van der Waals surface area contributed by atoms with Crippen molar-refractivity contribution in [3.05, 3.63) is 34.2 Å². The number of aliphatic hydroxyl groups excluding tert-OH is 1. The van der Waals surface area contributed by atoms with Crippen LogP contribution in [0, 0.1) is 0 Å². The van der Waals surface area contributed by atoms with Crippen LogP contribution in [-0.2, 0) is 6.54 Å². The van der Waals surface area contributed by atoms with Gasteiger partial charge in [-0.15, -0.1) is 5.10 Å². The summed E-state index contributed by atoms with van der Waals surface area (Å²) in [7, 11) is 0. The summed E-state index contributed by atoms with van der Waals surface area (Å²) in [6, 6.07) is 3.94. The first kappa shape index (κ1) is 15.9. The number of aliphatic hydroxyl groups is 1. The van der Waals surface area contributed by atoms with Gasteiger partial charge in [0.15, 0.2) is 0 Å². The van der Waals surface area contributed by atoms with E-state index in [1.807, 2.05) is 12.1 Å². The van der Waals surface area contributed by atoms with Gasteiger partial charge in [0.05, 0.1) is 6.26 Å². The Morgan fingerprint density at radius 3 is 3.09 bits per heavy atom. The number of nitrogens with zero attached hydrogens (tertiary/aromatic N) is 3. The van der Waals surface area contributed by atoms with Crippen LogP contribution in [0.4, 0.5) is 0 Å². The molecule has 3 heterocycles. The lowest BCUT2D eigenvalue weighted by Crippen LogP contribution is -2.35. The molecule has 0 saturated carbocycles. The van der Waals surface area contributed by atoms with Crippen LogP contribution in [0.1, 0.15) is 49.7 Å². The first-order chi connectivity index (χ1) is 10.7. The van der Waals surface area contributed by atoms with Gasteiger partial charge in [-0.3, -0.25) is 4.90 Å². The molecule has 0 bridgehead atoms. The van der Waals surface area contributed by atoms with Gasteiger partial charge in [0, 0.05) is 24.1 Å². The number of hydrogen-bond acceptors (Lipinski definition) is 6. The predicted octanol–water partition coefficient (Wildman–Crippen LogP) is 3.65. The average Bonchev–Trinajstić information content (AvgIpc) is 3.12. The van der Waals surface area contributed by atoms with E-state index < -0.39 is 6.10 Å². The highest BCUT2D eigenvalue weighted by molar-refractivity contribution is 7.10. The molecule has 0 unspecified atom stereocenters. The van der Waals surface area contributed by atoms with E-state index in [0.717, 1.165) is 18.7 Å². The third-order valence-electron chi connectivity index (χ3n) is 4.23. The molecule has 1 N–H and O–H groups in total. The maximum atomic E-state index is 10.4. The minimum absolute atomic E-state index is 0.306. The van der Waals surface area contributed by atoms with E-state index in [0.29, 0.717) is 29.1 Å². The SMILES string of the molecule is O[C@H](C[C@@H]1CCCCCN1Cc1nnsc1Cl)c1ccco1. The number of rotatable bonds is 5. The molecule has 120 valence electrons. The van der Waals surface area contributed by atoms with Gasteiger partial charge in [-0.1, -0.05) is 28.9 Å². The van der Waals surface area contributed by atoms with Crippen molar-refractivity contribution in [2.24, 2.45) is 0 Å². The molecule has 0 aromatic carbocycles. The van der Waals surface area contributed by atoms with Gasteiger partial charge >= 0.3 is 0 Å². The van der Waals surface area contributed by atoms with Gasteiger partial charge in [-0.2, -0.15) is 0 Å². The molecule has 22 heavy (non-hydrogen) atoms. The number of furan rings is 1. The molecule has 3 rings (SSSR count). The topological polar surface area (TPSA) is 62.4 Å². The molecule has 2 atom stereocenters. The Hall–Kier alpha value is -0.950. The van der Waals surface area contributed by atoms with Crippen LogP contribution in [0.25, 0.3) is 0 Å². The van der Waals surface area contributed by atoms with Gasteiger partial charge in [-0.25, -0.2) is 0 Å². The Balaban J connectivity index is 1.69. The minimum atomic E-state index is -0.565. The fourth-order valence-corrected chi connectivity index (χ4v) is 3.66. The second kappa shape index (κ2) is 7.55. The summed E-state index contributed by atoms with van der Waals surface area (Å²) in [5, 5.41) is 14.5. The average molecular weight is 342 g/mol. The molecule has 1 saturated heterocycles. The second-order valence-corrected chi connectivity index (χ2v) is 7.09. The van der Waals surface area contributed by atoms with Crippen LogP contribution >= 0.6 is 23.1 Å². The van der Waals surface area contributed by atoms with Crippen LogP contribution in [-0.4, -0.2) is 32.2 Å². The van der Waals surface area contributed by atoms with E-state index in [-0.39, 0.29) is 0 Å². The Kier molecular flexibility index (Phi) is 5.46. The molecule has 2 aromatic heterocycles. The summed E-state index contributed by atoms with van der Waals surface area (Å²) >= 11 is 7.36. The van der Waals surface area contributed by atoms with Crippen molar-refractivity contribution in [3.63, 3.8) is 0 Å². The Morgan fingerprint density at radius 2 is 2.36 bits per heavy atom. The first-order valence-electron chi connectivity index (χ1n) is 7.66. The highest BCUT2D eigenvalue weighted by Crippen LogP contribution is 2.29. The third-order valence-corrected chi connectivity index (χ3v) is 5.21. The van der Waals surface area contributed by atoms with Crippen molar-refractivity contribution >= 4 is 23.1 Å². The lowest BCUT2D eigenvalue weighted by molar-refractivity contribution is 0.0825. The smallest absolute Gasteiger partial charge is 0.138 e. The van der Waals surface area contributed by atoms with Crippen molar-refractivity contribution in [1.82, 2.24) is 14.5 Å². The molecule has 7 heteroatoms. The molecule has 1 fully saturated rings. The quantitative estimate of drug-likeness (QED) is 0.899. The maximum Gasteiger partial charge on any atom is 0.138 e. The van der Waals surface area contributed by atoms with Gasteiger partial charge in [-0.05, 0) is 37.9 Å². The van der Waals surface area contributed by atoms with Crippen LogP contribution in [0.2, 0.25) is 4.34 Å². The molecule has 0 radical (unpaired) electrons. The molecule has 0 aliphatic carbocycles. The highest BCUT2D eigenvalue weighted by Gasteiger charge is 2.26. The Morgan fingerprint density at radius 1 is 1.45 bits per heavy atom.